The number of hydrogen-bond acceptors (Lipinski definition) is 5. The molecule has 1 aromatic heterocycles. The number of hydrogen-bond donors (Lipinski definition) is 2. The van der Waals surface area contributed by atoms with Crippen molar-refractivity contribution < 1.29 is 8.42 Å². The molecule has 7 nitrogen and oxygen atoms in total. The maximum Gasteiger partial charge on any atom is 0.215 e. The minimum atomic E-state index is -3.33. The fraction of sp³-hybridized carbons (Fsp3) is 0.800. The van der Waals surface area contributed by atoms with Gasteiger partial charge in [-0.15, -0.1) is 10.2 Å². The Morgan fingerprint density at radius 2 is 2.17 bits per heavy atom. The minimum absolute atomic E-state index is 0.173. The van der Waals surface area contributed by atoms with Crippen molar-refractivity contribution >= 4 is 10.0 Å². The number of aryl methyl sites for hydroxylation is 1. The summed E-state index contributed by atoms with van der Waals surface area (Å²) in [5, 5.41) is 10.2. The molecular weight excluding hydrogens is 254 g/mol. The number of nitrogens with one attached hydrogen (secondary N) is 2. The Balaban J connectivity index is 2.56. The molecule has 0 spiro atoms. The maximum absolute atomic E-state index is 11.9. The second-order valence-corrected chi connectivity index (χ2v) is 6.20. The molecule has 0 radical (unpaired) electrons. The van der Waals surface area contributed by atoms with Gasteiger partial charge >= 0.3 is 0 Å². The van der Waals surface area contributed by atoms with Crippen molar-refractivity contribution in [3.05, 3.63) is 12.2 Å². The zero-order valence-corrected chi connectivity index (χ0v) is 11.9. The molecule has 8 heteroatoms. The standard InChI is InChI=1S/C10H21N5O2S/c1-4-11-6-9(3)18(16,17)13-7-10-14-12-8-15(10)5-2/h8-9,11,13H,4-7H2,1-3H3. The zero-order valence-electron chi connectivity index (χ0n) is 11.0. The van der Waals surface area contributed by atoms with Crippen LogP contribution in [0.1, 0.15) is 26.6 Å². The lowest BCUT2D eigenvalue weighted by Gasteiger charge is -2.14. The van der Waals surface area contributed by atoms with E-state index < -0.39 is 15.3 Å². The molecule has 1 unspecified atom stereocenters. The summed E-state index contributed by atoms with van der Waals surface area (Å²) in [6.07, 6.45) is 1.59. The first-order valence-electron chi connectivity index (χ1n) is 6.07. The van der Waals surface area contributed by atoms with E-state index in [1.54, 1.807) is 17.8 Å². The number of rotatable bonds is 8. The Kier molecular flexibility index (Phi) is 5.70. The van der Waals surface area contributed by atoms with Crippen LogP contribution in [-0.2, 0) is 23.1 Å². The lowest BCUT2D eigenvalue weighted by atomic mass is 10.5. The molecule has 1 atom stereocenters. The molecule has 18 heavy (non-hydrogen) atoms. The molecular formula is C10H21N5O2S. The Bertz CT molecular complexity index is 457. The fourth-order valence-corrected chi connectivity index (χ4v) is 2.40. The van der Waals surface area contributed by atoms with Gasteiger partial charge in [-0.3, -0.25) is 0 Å². The van der Waals surface area contributed by atoms with Crippen LogP contribution in [0.2, 0.25) is 0 Å². The molecule has 1 heterocycles. The molecule has 0 aliphatic carbocycles. The van der Waals surface area contributed by atoms with E-state index >= 15 is 0 Å². The van der Waals surface area contributed by atoms with Crippen LogP contribution >= 0.6 is 0 Å². The van der Waals surface area contributed by atoms with Crippen LogP contribution in [0.3, 0.4) is 0 Å². The smallest absolute Gasteiger partial charge is 0.215 e. The third-order valence-electron chi connectivity index (χ3n) is 2.68. The van der Waals surface area contributed by atoms with E-state index in [2.05, 4.69) is 20.2 Å². The predicted octanol–water partition coefficient (Wildman–Crippen LogP) is -0.285. The van der Waals surface area contributed by atoms with Crippen LogP contribution < -0.4 is 10.0 Å². The number of nitrogens with zero attached hydrogens (tertiary/aromatic N) is 3. The minimum Gasteiger partial charge on any atom is -0.317 e. The summed E-state index contributed by atoms with van der Waals surface area (Å²) in [6.45, 7) is 7.65. The van der Waals surface area contributed by atoms with Gasteiger partial charge in [-0.25, -0.2) is 13.1 Å². The van der Waals surface area contributed by atoms with E-state index in [9.17, 15) is 8.42 Å². The summed E-state index contributed by atoms with van der Waals surface area (Å²) < 4.78 is 28.2. The highest BCUT2D eigenvalue weighted by Crippen LogP contribution is 2.00. The fourth-order valence-electron chi connectivity index (χ4n) is 1.44. The molecule has 1 rings (SSSR count). The first-order chi connectivity index (χ1) is 8.51. The van der Waals surface area contributed by atoms with Crippen LogP contribution in [0.5, 0.6) is 0 Å². The van der Waals surface area contributed by atoms with Crippen molar-refractivity contribution in [2.75, 3.05) is 13.1 Å². The zero-order chi connectivity index (χ0) is 13.6. The summed E-state index contributed by atoms with van der Waals surface area (Å²) in [4.78, 5) is 0. The van der Waals surface area contributed by atoms with Gasteiger partial charge < -0.3 is 9.88 Å². The highest BCUT2D eigenvalue weighted by atomic mass is 32.2. The van der Waals surface area contributed by atoms with Gasteiger partial charge in [-0.1, -0.05) is 6.92 Å². The monoisotopic (exact) mass is 275 g/mol. The molecule has 0 aromatic carbocycles. The summed E-state index contributed by atoms with van der Waals surface area (Å²) >= 11 is 0. The van der Waals surface area contributed by atoms with Crippen LogP contribution in [0.4, 0.5) is 0 Å². The van der Waals surface area contributed by atoms with Gasteiger partial charge in [0.05, 0.1) is 11.8 Å². The lowest BCUT2D eigenvalue weighted by Crippen LogP contribution is -2.39. The number of aromatic nitrogens is 3. The van der Waals surface area contributed by atoms with Gasteiger partial charge in [0.1, 0.15) is 12.2 Å². The summed E-state index contributed by atoms with van der Waals surface area (Å²) in [5.74, 6) is 0.622. The molecule has 1 aromatic rings. The molecule has 0 saturated heterocycles. The molecule has 2 N–H and O–H groups in total. The summed E-state index contributed by atoms with van der Waals surface area (Å²) in [7, 11) is -3.33. The molecule has 0 saturated carbocycles. The Morgan fingerprint density at radius 1 is 1.44 bits per heavy atom. The van der Waals surface area contributed by atoms with Crippen LogP contribution in [0.25, 0.3) is 0 Å². The second-order valence-electron chi connectivity index (χ2n) is 4.02. The van der Waals surface area contributed by atoms with Crippen molar-refractivity contribution in [1.29, 1.82) is 0 Å². The lowest BCUT2D eigenvalue weighted by molar-refractivity contribution is 0.555. The van der Waals surface area contributed by atoms with Crippen molar-refractivity contribution in [2.45, 2.75) is 39.1 Å². The molecule has 104 valence electrons. The first-order valence-corrected chi connectivity index (χ1v) is 7.61. The van der Waals surface area contributed by atoms with Crippen LogP contribution in [0, 0.1) is 0 Å². The Hall–Kier alpha value is -0.990. The summed E-state index contributed by atoms with van der Waals surface area (Å²) in [5.41, 5.74) is 0. The van der Waals surface area contributed by atoms with Gasteiger partial charge in [0.25, 0.3) is 0 Å². The molecule has 0 bridgehead atoms. The van der Waals surface area contributed by atoms with Gasteiger partial charge in [0.15, 0.2) is 0 Å². The Labute approximate surface area is 108 Å². The molecule has 0 aliphatic rings. The van der Waals surface area contributed by atoms with Gasteiger partial charge in [0, 0.05) is 13.1 Å². The first kappa shape index (κ1) is 15.1. The molecule has 0 aliphatic heterocycles. The van der Waals surface area contributed by atoms with E-state index in [1.807, 2.05) is 13.8 Å². The van der Waals surface area contributed by atoms with E-state index in [-0.39, 0.29) is 6.54 Å². The van der Waals surface area contributed by atoms with Gasteiger partial charge in [-0.05, 0) is 20.4 Å². The second kappa shape index (κ2) is 6.81. The van der Waals surface area contributed by atoms with E-state index in [0.29, 0.717) is 12.4 Å². The predicted molar refractivity (Wildman–Crippen MR) is 69.5 cm³/mol. The SMILES string of the molecule is CCNCC(C)S(=O)(=O)NCc1nncn1CC. The van der Waals surface area contributed by atoms with Crippen LogP contribution in [-0.4, -0.2) is 41.5 Å². The van der Waals surface area contributed by atoms with Crippen molar-refractivity contribution in [3.8, 4) is 0 Å². The molecule has 0 amide bonds. The number of sulfonamides is 1. The topological polar surface area (TPSA) is 88.9 Å². The van der Waals surface area contributed by atoms with E-state index in [0.717, 1.165) is 13.1 Å². The van der Waals surface area contributed by atoms with Crippen molar-refractivity contribution in [2.24, 2.45) is 0 Å². The maximum atomic E-state index is 11.9. The van der Waals surface area contributed by atoms with Gasteiger partial charge in [-0.2, -0.15) is 0 Å². The van der Waals surface area contributed by atoms with Crippen LogP contribution in [0.15, 0.2) is 6.33 Å². The third-order valence-corrected chi connectivity index (χ3v) is 4.45. The highest BCUT2D eigenvalue weighted by molar-refractivity contribution is 7.90. The summed E-state index contributed by atoms with van der Waals surface area (Å²) in [6, 6.07) is 0. The van der Waals surface area contributed by atoms with E-state index in [4.69, 9.17) is 0 Å². The quantitative estimate of drug-likeness (QED) is 0.681. The van der Waals surface area contributed by atoms with Crippen molar-refractivity contribution in [3.63, 3.8) is 0 Å². The highest BCUT2D eigenvalue weighted by Gasteiger charge is 2.20. The van der Waals surface area contributed by atoms with E-state index in [1.165, 1.54) is 0 Å². The largest absolute Gasteiger partial charge is 0.317 e. The van der Waals surface area contributed by atoms with Crippen molar-refractivity contribution in [1.82, 2.24) is 24.8 Å². The average Bonchev–Trinajstić information content (AvgIpc) is 2.80. The van der Waals surface area contributed by atoms with Gasteiger partial charge in [0.2, 0.25) is 10.0 Å². The Morgan fingerprint density at radius 3 is 2.78 bits per heavy atom. The third kappa shape index (κ3) is 4.04. The average molecular weight is 275 g/mol. The molecule has 0 fully saturated rings. The normalized spacial score (nSPS) is 13.7.